The van der Waals surface area contributed by atoms with Crippen molar-refractivity contribution in [2.75, 3.05) is 11.9 Å². The summed E-state index contributed by atoms with van der Waals surface area (Å²) in [4.78, 5) is 0. The summed E-state index contributed by atoms with van der Waals surface area (Å²) in [6.45, 7) is 0.623. The van der Waals surface area contributed by atoms with Gasteiger partial charge in [0.05, 0.1) is 6.10 Å². The van der Waals surface area contributed by atoms with Crippen molar-refractivity contribution in [3.8, 4) is 0 Å². The summed E-state index contributed by atoms with van der Waals surface area (Å²) in [5, 5.41) is 13.9. The Morgan fingerprint density at radius 3 is 2.53 bits per heavy atom. The van der Waals surface area contributed by atoms with Gasteiger partial charge in [0.2, 0.25) is 0 Å². The van der Waals surface area contributed by atoms with Crippen molar-refractivity contribution in [3.05, 3.63) is 29.3 Å². The monoisotopic (exact) mass is 253 g/mol. The smallest absolute Gasteiger partial charge is 0.0715 e. The lowest BCUT2D eigenvalue weighted by molar-refractivity contribution is 0.155. The maximum atomic E-state index is 9.94. The molecule has 0 amide bonds. The summed E-state index contributed by atoms with van der Waals surface area (Å²) < 4.78 is 0. The average Bonchev–Trinajstić information content (AvgIpc) is 2.81. The molecule has 1 saturated carbocycles. The Morgan fingerprint density at radius 2 is 1.88 bits per heavy atom. The highest BCUT2D eigenvalue weighted by atomic mass is 35.5. The second-order valence-electron chi connectivity index (χ2n) is 4.93. The molecule has 94 valence electrons. The molecule has 3 heteroatoms. The van der Waals surface area contributed by atoms with Gasteiger partial charge in [-0.15, -0.1) is 0 Å². The highest BCUT2D eigenvalue weighted by Crippen LogP contribution is 2.28. The third kappa shape index (κ3) is 4.21. The molecule has 0 bridgehead atoms. The van der Waals surface area contributed by atoms with Crippen LogP contribution in [0.1, 0.15) is 32.1 Å². The Kier molecular flexibility index (Phi) is 4.69. The number of halogens is 1. The van der Waals surface area contributed by atoms with Gasteiger partial charge in [0.15, 0.2) is 0 Å². The van der Waals surface area contributed by atoms with Crippen LogP contribution in [0.25, 0.3) is 0 Å². The summed E-state index contributed by atoms with van der Waals surface area (Å²) in [6, 6.07) is 7.58. The maximum absolute atomic E-state index is 9.94. The first-order valence-electron chi connectivity index (χ1n) is 6.41. The molecule has 0 saturated heterocycles. The van der Waals surface area contributed by atoms with Gasteiger partial charge in [0, 0.05) is 17.3 Å². The number of hydrogen-bond acceptors (Lipinski definition) is 2. The second-order valence-corrected chi connectivity index (χ2v) is 5.36. The summed E-state index contributed by atoms with van der Waals surface area (Å²) in [5.41, 5.74) is 1.01. The molecule has 1 aliphatic rings. The second kappa shape index (κ2) is 6.27. The van der Waals surface area contributed by atoms with E-state index in [0.717, 1.165) is 23.0 Å². The summed E-state index contributed by atoms with van der Waals surface area (Å²) in [6.07, 6.45) is 5.94. The number of nitrogens with one attached hydrogen (secondary N) is 1. The van der Waals surface area contributed by atoms with Crippen molar-refractivity contribution in [2.45, 2.75) is 38.2 Å². The fraction of sp³-hybridized carbons (Fsp3) is 0.571. The first-order chi connectivity index (χ1) is 8.24. The van der Waals surface area contributed by atoms with E-state index in [4.69, 9.17) is 11.6 Å². The van der Waals surface area contributed by atoms with Gasteiger partial charge in [-0.2, -0.15) is 0 Å². The lowest BCUT2D eigenvalue weighted by Crippen LogP contribution is -2.21. The van der Waals surface area contributed by atoms with Crippen LogP contribution in [-0.4, -0.2) is 17.8 Å². The van der Waals surface area contributed by atoms with Gasteiger partial charge in [-0.1, -0.05) is 37.3 Å². The fourth-order valence-corrected chi connectivity index (χ4v) is 2.64. The number of aliphatic hydroxyl groups excluding tert-OH is 1. The number of hydrogen-bond donors (Lipinski definition) is 2. The van der Waals surface area contributed by atoms with E-state index in [-0.39, 0.29) is 6.10 Å². The maximum Gasteiger partial charge on any atom is 0.0715 e. The molecule has 1 aliphatic carbocycles. The van der Waals surface area contributed by atoms with Crippen LogP contribution in [0.2, 0.25) is 5.02 Å². The molecule has 1 unspecified atom stereocenters. The Hall–Kier alpha value is -0.730. The van der Waals surface area contributed by atoms with Crippen molar-refractivity contribution in [1.29, 1.82) is 0 Å². The zero-order chi connectivity index (χ0) is 12.1. The molecule has 0 heterocycles. The minimum absolute atomic E-state index is 0.242. The largest absolute Gasteiger partial charge is 0.391 e. The van der Waals surface area contributed by atoms with Gasteiger partial charge < -0.3 is 10.4 Å². The zero-order valence-electron chi connectivity index (χ0n) is 10.0. The number of benzene rings is 1. The Labute approximate surface area is 108 Å². The van der Waals surface area contributed by atoms with Crippen molar-refractivity contribution in [1.82, 2.24) is 0 Å². The quantitative estimate of drug-likeness (QED) is 0.839. The van der Waals surface area contributed by atoms with E-state index in [1.54, 1.807) is 0 Å². The van der Waals surface area contributed by atoms with Gasteiger partial charge in [-0.3, -0.25) is 0 Å². The van der Waals surface area contributed by atoms with Gasteiger partial charge in [-0.25, -0.2) is 0 Å². The van der Waals surface area contributed by atoms with Crippen LogP contribution in [0.15, 0.2) is 24.3 Å². The third-order valence-corrected chi connectivity index (χ3v) is 3.72. The van der Waals surface area contributed by atoms with Crippen molar-refractivity contribution in [2.24, 2.45) is 5.92 Å². The SMILES string of the molecule is OC(CNc1ccc(Cl)cc1)CC1CCCC1. The summed E-state index contributed by atoms with van der Waals surface area (Å²) in [7, 11) is 0. The lowest BCUT2D eigenvalue weighted by Gasteiger charge is -2.16. The molecule has 2 N–H and O–H groups in total. The molecule has 0 aliphatic heterocycles. The van der Waals surface area contributed by atoms with E-state index >= 15 is 0 Å². The third-order valence-electron chi connectivity index (χ3n) is 3.47. The Morgan fingerprint density at radius 1 is 1.24 bits per heavy atom. The van der Waals surface area contributed by atoms with Gasteiger partial charge in [0.1, 0.15) is 0 Å². The van der Waals surface area contributed by atoms with Crippen LogP contribution < -0.4 is 5.32 Å². The number of aliphatic hydroxyl groups is 1. The van der Waals surface area contributed by atoms with Crippen LogP contribution in [0.4, 0.5) is 5.69 Å². The molecule has 0 radical (unpaired) electrons. The molecule has 2 rings (SSSR count). The molecule has 0 aromatic heterocycles. The highest BCUT2D eigenvalue weighted by Gasteiger charge is 2.18. The van der Waals surface area contributed by atoms with Crippen LogP contribution in [0.5, 0.6) is 0 Å². The topological polar surface area (TPSA) is 32.3 Å². The molecular formula is C14H20ClNO. The van der Waals surface area contributed by atoms with E-state index in [9.17, 15) is 5.11 Å². The van der Waals surface area contributed by atoms with Gasteiger partial charge >= 0.3 is 0 Å². The standard InChI is InChI=1S/C14H20ClNO/c15-12-5-7-13(8-6-12)16-10-14(17)9-11-3-1-2-4-11/h5-8,11,14,16-17H,1-4,9-10H2. The van der Waals surface area contributed by atoms with Crippen molar-refractivity contribution >= 4 is 17.3 Å². The van der Waals surface area contributed by atoms with Crippen LogP contribution in [-0.2, 0) is 0 Å². The Bertz CT molecular complexity index is 333. The summed E-state index contributed by atoms with van der Waals surface area (Å²) in [5.74, 6) is 0.733. The number of rotatable bonds is 5. The van der Waals surface area contributed by atoms with Crippen molar-refractivity contribution in [3.63, 3.8) is 0 Å². The van der Waals surface area contributed by atoms with E-state index < -0.39 is 0 Å². The molecule has 1 aromatic rings. The molecule has 0 spiro atoms. The molecule has 1 fully saturated rings. The van der Waals surface area contributed by atoms with E-state index in [1.807, 2.05) is 24.3 Å². The molecule has 1 atom stereocenters. The fourth-order valence-electron chi connectivity index (χ4n) is 2.52. The normalized spacial score (nSPS) is 18.2. The van der Waals surface area contributed by atoms with E-state index in [1.165, 1.54) is 25.7 Å². The summed E-state index contributed by atoms with van der Waals surface area (Å²) >= 11 is 5.81. The molecular weight excluding hydrogens is 234 g/mol. The van der Waals surface area contributed by atoms with Gasteiger partial charge in [-0.05, 0) is 36.6 Å². The minimum Gasteiger partial charge on any atom is -0.391 e. The van der Waals surface area contributed by atoms with Gasteiger partial charge in [0.25, 0.3) is 0 Å². The van der Waals surface area contributed by atoms with Crippen molar-refractivity contribution < 1.29 is 5.11 Å². The molecule has 17 heavy (non-hydrogen) atoms. The number of anilines is 1. The first kappa shape index (κ1) is 12.7. The predicted molar refractivity (Wildman–Crippen MR) is 72.5 cm³/mol. The van der Waals surface area contributed by atoms with E-state index in [0.29, 0.717) is 6.54 Å². The van der Waals surface area contributed by atoms with Crippen LogP contribution in [0, 0.1) is 5.92 Å². The first-order valence-corrected chi connectivity index (χ1v) is 6.79. The predicted octanol–water partition coefficient (Wildman–Crippen LogP) is 3.69. The Balaban J connectivity index is 1.71. The molecule has 2 nitrogen and oxygen atoms in total. The molecule has 1 aromatic carbocycles. The van der Waals surface area contributed by atoms with Crippen LogP contribution in [0.3, 0.4) is 0 Å². The highest BCUT2D eigenvalue weighted by molar-refractivity contribution is 6.30. The minimum atomic E-state index is -0.242. The lowest BCUT2D eigenvalue weighted by atomic mass is 10.00. The van der Waals surface area contributed by atoms with Crippen LogP contribution >= 0.6 is 11.6 Å². The average molecular weight is 254 g/mol. The zero-order valence-corrected chi connectivity index (χ0v) is 10.8. The van der Waals surface area contributed by atoms with E-state index in [2.05, 4.69) is 5.32 Å².